The molecule has 1 aliphatic heterocycles. The Hall–Kier alpha value is -2.34. The van der Waals surface area contributed by atoms with E-state index in [2.05, 4.69) is 51.8 Å². The van der Waals surface area contributed by atoms with Crippen molar-refractivity contribution in [3.63, 3.8) is 0 Å². The van der Waals surface area contributed by atoms with Gasteiger partial charge in [0.25, 0.3) is 0 Å². The first-order chi connectivity index (χ1) is 14.2. The molecule has 2 heterocycles. The Kier molecular flexibility index (Phi) is 8.11. The highest BCUT2D eigenvalue weighted by Crippen LogP contribution is 2.26. The van der Waals surface area contributed by atoms with Crippen LogP contribution in [0.4, 0.5) is 0 Å². The van der Waals surface area contributed by atoms with Gasteiger partial charge in [-0.15, -0.1) is 0 Å². The molecule has 0 saturated carbocycles. The standard InChI is InChI=1S/C23H34N4O2/c1-3-5-9-20-18-26(17-19-8-6-7-10-21(19)29-20)15-12-25-23(28)11-14-27-16-13-24-22(27)4-2/h6-8,10,13,16,20H,3-5,9,11-12,14-15,17-18H2,1-2H3,(H,25,28)/t20-/m0/s1. The molecule has 6 heteroatoms. The van der Waals surface area contributed by atoms with Crippen molar-refractivity contribution in [2.75, 3.05) is 19.6 Å². The van der Waals surface area contributed by atoms with Gasteiger partial charge in [0.15, 0.2) is 0 Å². The Morgan fingerprint density at radius 1 is 1.28 bits per heavy atom. The normalized spacial score (nSPS) is 16.7. The van der Waals surface area contributed by atoms with Crippen molar-refractivity contribution in [1.29, 1.82) is 0 Å². The van der Waals surface area contributed by atoms with E-state index in [1.165, 1.54) is 18.4 Å². The Morgan fingerprint density at radius 2 is 2.14 bits per heavy atom. The van der Waals surface area contributed by atoms with E-state index in [1.807, 2.05) is 12.3 Å². The molecule has 158 valence electrons. The zero-order chi connectivity index (χ0) is 20.5. The third-order valence-electron chi connectivity index (χ3n) is 5.45. The minimum atomic E-state index is 0.0924. The Balaban J connectivity index is 1.47. The predicted molar refractivity (Wildman–Crippen MR) is 115 cm³/mol. The number of hydrogen-bond acceptors (Lipinski definition) is 4. The van der Waals surface area contributed by atoms with Gasteiger partial charge in [-0.2, -0.15) is 0 Å². The number of carbonyl (C=O) groups is 1. The van der Waals surface area contributed by atoms with Crippen molar-refractivity contribution in [1.82, 2.24) is 19.8 Å². The topological polar surface area (TPSA) is 59.4 Å². The number of rotatable bonds is 10. The number of aryl methyl sites for hydroxylation is 2. The van der Waals surface area contributed by atoms with Crippen LogP contribution in [0.15, 0.2) is 36.7 Å². The van der Waals surface area contributed by atoms with Gasteiger partial charge in [-0.25, -0.2) is 4.98 Å². The number of ether oxygens (including phenoxy) is 1. The fourth-order valence-corrected chi connectivity index (χ4v) is 3.83. The molecule has 1 aliphatic rings. The number of aromatic nitrogens is 2. The molecule has 1 aromatic heterocycles. The van der Waals surface area contributed by atoms with Gasteiger partial charge in [0.1, 0.15) is 17.7 Å². The van der Waals surface area contributed by atoms with Crippen LogP contribution >= 0.6 is 0 Å². The van der Waals surface area contributed by atoms with Crippen LogP contribution in [0.2, 0.25) is 0 Å². The lowest BCUT2D eigenvalue weighted by Gasteiger charge is -2.24. The summed E-state index contributed by atoms with van der Waals surface area (Å²) in [6.07, 6.45) is 8.73. The van der Waals surface area contributed by atoms with Crippen molar-refractivity contribution in [2.24, 2.45) is 0 Å². The summed E-state index contributed by atoms with van der Waals surface area (Å²) in [5.41, 5.74) is 1.23. The van der Waals surface area contributed by atoms with Crippen LogP contribution in [-0.2, 0) is 24.3 Å². The van der Waals surface area contributed by atoms with E-state index >= 15 is 0 Å². The van der Waals surface area contributed by atoms with Crippen LogP contribution in [0.25, 0.3) is 0 Å². The number of nitrogens with zero attached hydrogens (tertiary/aromatic N) is 3. The van der Waals surface area contributed by atoms with E-state index in [9.17, 15) is 4.79 Å². The summed E-state index contributed by atoms with van der Waals surface area (Å²) >= 11 is 0. The second kappa shape index (κ2) is 11.0. The molecule has 2 aromatic rings. The van der Waals surface area contributed by atoms with E-state index in [0.717, 1.165) is 44.0 Å². The van der Waals surface area contributed by atoms with Gasteiger partial charge >= 0.3 is 0 Å². The maximum atomic E-state index is 12.3. The minimum absolute atomic E-state index is 0.0924. The number of para-hydroxylation sites is 1. The average Bonchev–Trinajstić information content (AvgIpc) is 3.11. The molecule has 0 spiro atoms. The number of unbranched alkanes of at least 4 members (excludes halogenated alkanes) is 1. The lowest BCUT2D eigenvalue weighted by Crippen LogP contribution is -2.38. The van der Waals surface area contributed by atoms with Gasteiger partial charge in [0.05, 0.1) is 0 Å². The SMILES string of the molecule is CCCC[C@H]1CN(CCNC(=O)CCn2ccnc2CC)Cc2ccccc2O1. The molecular weight excluding hydrogens is 364 g/mol. The number of imidazole rings is 1. The highest BCUT2D eigenvalue weighted by atomic mass is 16.5. The van der Waals surface area contributed by atoms with E-state index in [0.29, 0.717) is 19.5 Å². The number of nitrogens with one attached hydrogen (secondary N) is 1. The number of fused-ring (bicyclic) bond motifs is 1. The molecule has 29 heavy (non-hydrogen) atoms. The molecule has 6 nitrogen and oxygen atoms in total. The monoisotopic (exact) mass is 398 g/mol. The number of amides is 1. The Labute approximate surface area is 174 Å². The molecule has 3 rings (SSSR count). The highest BCUT2D eigenvalue weighted by Gasteiger charge is 2.22. The largest absolute Gasteiger partial charge is 0.489 e. The summed E-state index contributed by atoms with van der Waals surface area (Å²) in [6, 6.07) is 8.31. The van der Waals surface area contributed by atoms with E-state index in [-0.39, 0.29) is 12.0 Å². The van der Waals surface area contributed by atoms with E-state index in [4.69, 9.17) is 4.74 Å². The first-order valence-corrected chi connectivity index (χ1v) is 10.9. The quantitative estimate of drug-likeness (QED) is 0.666. The summed E-state index contributed by atoms with van der Waals surface area (Å²) in [6.45, 7) is 8.23. The van der Waals surface area contributed by atoms with Crippen molar-refractivity contribution in [3.05, 3.63) is 48.0 Å². The molecular formula is C23H34N4O2. The maximum Gasteiger partial charge on any atom is 0.221 e. The van der Waals surface area contributed by atoms with Gasteiger partial charge in [-0.1, -0.05) is 38.5 Å². The van der Waals surface area contributed by atoms with Crippen LogP contribution < -0.4 is 10.1 Å². The molecule has 1 aromatic carbocycles. The second-order valence-corrected chi connectivity index (χ2v) is 7.72. The third kappa shape index (κ3) is 6.32. The summed E-state index contributed by atoms with van der Waals surface area (Å²) in [5, 5.41) is 3.08. The molecule has 0 bridgehead atoms. The lowest BCUT2D eigenvalue weighted by atomic mass is 10.1. The molecule has 1 N–H and O–H groups in total. The molecule has 0 radical (unpaired) electrons. The maximum absolute atomic E-state index is 12.3. The van der Waals surface area contributed by atoms with Crippen molar-refractivity contribution < 1.29 is 9.53 Å². The predicted octanol–water partition coefficient (Wildman–Crippen LogP) is 3.41. The fraction of sp³-hybridized carbons (Fsp3) is 0.565. The van der Waals surface area contributed by atoms with Gasteiger partial charge in [-0.05, 0) is 18.9 Å². The zero-order valence-electron chi connectivity index (χ0n) is 17.8. The lowest BCUT2D eigenvalue weighted by molar-refractivity contribution is -0.121. The van der Waals surface area contributed by atoms with Crippen LogP contribution in [0.3, 0.4) is 0 Å². The van der Waals surface area contributed by atoms with Crippen molar-refractivity contribution in [3.8, 4) is 5.75 Å². The van der Waals surface area contributed by atoms with Crippen molar-refractivity contribution in [2.45, 2.75) is 65.1 Å². The Morgan fingerprint density at radius 3 is 2.97 bits per heavy atom. The average molecular weight is 399 g/mol. The number of benzene rings is 1. The smallest absolute Gasteiger partial charge is 0.221 e. The van der Waals surface area contributed by atoms with Gasteiger partial charge in [0, 0.05) is 63.5 Å². The summed E-state index contributed by atoms with van der Waals surface area (Å²) in [5.74, 6) is 2.13. The number of hydrogen-bond donors (Lipinski definition) is 1. The minimum Gasteiger partial charge on any atom is -0.489 e. The summed E-state index contributed by atoms with van der Waals surface area (Å²) in [4.78, 5) is 19.0. The second-order valence-electron chi connectivity index (χ2n) is 7.72. The molecule has 0 saturated heterocycles. The van der Waals surface area contributed by atoms with E-state index < -0.39 is 0 Å². The first kappa shape index (κ1) is 21.4. The zero-order valence-corrected chi connectivity index (χ0v) is 17.8. The molecule has 0 aliphatic carbocycles. The van der Waals surface area contributed by atoms with Gasteiger partial charge in [-0.3, -0.25) is 9.69 Å². The Bertz CT molecular complexity index is 774. The van der Waals surface area contributed by atoms with E-state index in [1.54, 1.807) is 6.20 Å². The van der Waals surface area contributed by atoms with Gasteiger partial charge in [0.2, 0.25) is 5.91 Å². The summed E-state index contributed by atoms with van der Waals surface area (Å²) < 4.78 is 8.34. The van der Waals surface area contributed by atoms with Crippen LogP contribution in [-0.4, -0.2) is 46.1 Å². The molecule has 1 atom stereocenters. The highest BCUT2D eigenvalue weighted by molar-refractivity contribution is 5.75. The van der Waals surface area contributed by atoms with Crippen LogP contribution in [0, 0.1) is 0 Å². The number of carbonyl (C=O) groups excluding carboxylic acids is 1. The van der Waals surface area contributed by atoms with Crippen molar-refractivity contribution >= 4 is 5.91 Å². The molecule has 1 amide bonds. The van der Waals surface area contributed by atoms with Crippen LogP contribution in [0.1, 0.15) is 50.9 Å². The van der Waals surface area contributed by atoms with Crippen LogP contribution in [0.5, 0.6) is 5.75 Å². The molecule has 0 unspecified atom stereocenters. The summed E-state index contributed by atoms with van der Waals surface area (Å²) in [7, 11) is 0. The first-order valence-electron chi connectivity index (χ1n) is 10.9. The third-order valence-corrected chi connectivity index (χ3v) is 5.45. The van der Waals surface area contributed by atoms with Gasteiger partial charge < -0.3 is 14.6 Å². The fourth-order valence-electron chi connectivity index (χ4n) is 3.83. The molecule has 0 fully saturated rings.